The maximum Gasteiger partial charge on any atom is 0.178 e. The highest BCUT2D eigenvalue weighted by Crippen LogP contribution is 2.18. The molecular formula is C16H18N2O. The zero-order chi connectivity index (χ0) is 13.1. The lowest BCUT2D eigenvalue weighted by Crippen LogP contribution is -2.31. The fourth-order valence-electron chi connectivity index (χ4n) is 2.69. The number of carbonyl (C=O) groups excluding carboxylic acids is 1. The average Bonchev–Trinajstić information content (AvgIpc) is 2.97. The maximum atomic E-state index is 12.1. The van der Waals surface area contributed by atoms with Gasteiger partial charge in [-0.2, -0.15) is 0 Å². The van der Waals surface area contributed by atoms with Crippen molar-refractivity contribution in [2.75, 3.05) is 6.54 Å². The summed E-state index contributed by atoms with van der Waals surface area (Å²) in [5, 5.41) is 4.37. The Morgan fingerprint density at radius 2 is 2.05 bits per heavy atom. The van der Waals surface area contributed by atoms with Crippen LogP contribution in [0.4, 0.5) is 0 Å². The molecule has 1 saturated carbocycles. The SMILES string of the molecule is O=C(CNC1CCCC1)c1cnc2ccccc2c1. The Morgan fingerprint density at radius 3 is 2.89 bits per heavy atom. The second kappa shape index (κ2) is 5.49. The summed E-state index contributed by atoms with van der Waals surface area (Å²) >= 11 is 0. The van der Waals surface area contributed by atoms with E-state index in [0.717, 1.165) is 10.9 Å². The number of fused-ring (bicyclic) bond motifs is 1. The molecule has 0 atom stereocenters. The Hall–Kier alpha value is -1.74. The number of carbonyl (C=O) groups is 1. The maximum absolute atomic E-state index is 12.1. The Bertz CT molecular complexity index is 588. The number of benzene rings is 1. The van der Waals surface area contributed by atoms with Gasteiger partial charge in [0.2, 0.25) is 0 Å². The molecular weight excluding hydrogens is 236 g/mol. The molecule has 0 radical (unpaired) electrons. The molecule has 1 heterocycles. The fourth-order valence-corrected chi connectivity index (χ4v) is 2.69. The van der Waals surface area contributed by atoms with Gasteiger partial charge in [0.25, 0.3) is 0 Å². The van der Waals surface area contributed by atoms with Crippen molar-refractivity contribution < 1.29 is 4.79 Å². The third-order valence-corrected chi connectivity index (χ3v) is 3.82. The van der Waals surface area contributed by atoms with Gasteiger partial charge in [0.05, 0.1) is 12.1 Å². The van der Waals surface area contributed by atoms with Gasteiger partial charge in [-0.25, -0.2) is 0 Å². The standard InChI is InChI=1S/C16H18N2O/c19-16(11-17-14-6-2-3-7-14)13-9-12-5-1-4-8-15(12)18-10-13/h1,4-5,8-10,14,17H,2-3,6-7,11H2. The van der Waals surface area contributed by atoms with Crippen molar-refractivity contribution in [2.45, 2.75) is 31.7 Å². The molecule has 0 aliphatic heterocycles. The van der Waals surface area contributed by atoms with Crippen molar-refractivity contribution in [2.24, 2.45) is 0 Å². The fraction of sp³-hybridized carbons (Fsp3) is 0.375. The van der Waals surface area contributed by atoms with Crippen molar-refractivity contribution in [1.82, 2.24) is 10.3 Å². The normalized spacial score (nSPS) is 16.0. The molecule has 98 valence electrons. The van der Waals surface area contributed by atoms with Crippen LogP contribution in [0, 0.1) is 0 Å². The minimum absolute atomic E-state index is 0.130. The minimum atomic E-state index is 0.130. The number of nitrogens with zero attached hydrogens (tertiary/aromatic N) is 1. The molecule has 1 aromatic carbocycles. The molecule has 2 aromatic rings. The van der Waals surface area contributed by atoms with Crippen LogP contribution in [0.3, 0.4) is 0 Å². The first-order chi connectivity index (χ1) is 9.33. The number of hydrogen-bond donors (Lipinski definition) is 1. The van der Waals surface area contributed by atoms with Crippen LogP contribution in [0.2, 0.25) is 0 Å². The Balaban J connectivity index is 1.70. The number of nitrogens with one attached hydrogen (secondary N) is 1. The van der Waals surface area contributed by atoms with Gasteiger partial charge in [0.1, 0.15) is 0 Å². The van der Waals surface area contributed by atoms with E-state index >= 15 is 0 Å². The van der Waals surface area contributed by atoms with Gasteiger partial charge >= 0.3 is 0 Å². The van der Waals surface area contributed by atoms with Crippen LogP contribution in [-0.4, -0.2) is 23.4 Å². The number of para-hydroxylation sites is 1. The molecule has 0 amide bonds. The van der Waals surface area contributed by atoms with E-state index in [1.54, 1.807) is 6.20 Å². The van der Waals surface area contributed by atoms with E-state index in [4.69, 9.17) is 0 Å². The highest BCUT2D eigenvalue weighted by atomic mass is 16.1. The van der Waals surface area contributed by atoms with Gasteiger partial charge in [-0.15, -0.1) is 0 Å². The van der Waals surface area contributed by atoms with E-state index in [0.29, 0.717) is 18.2 Å². The lowest BCUT2D eigenvalue weighted by Gasteiger charge is -2.10. The summed E-state index contributed by atoms with van der Waals surface area (Å²) in [6.45, 7) is 0.421. The molecule has 0 saturated heterocycles. The highest BCUT2D eigenvalue weighted by Gasteiger charge is 2.16. The summed E-state index contributed by atoms with van der Waals surface area (Å²) in [5.41, 5.74) is 1.63. The molecule has 0 spiro atoms. The summed E-state index contributed by atoms with van der Waals surface area (Å²) in [7, 11) is 0. The van der Waals surface area contributed by atoms with Crippen LogP contribution < -0.4 is 5.32 Å². The van der Waals surface area contributed by atoms with Crippen molar-refractivity contribution in [1.29, 1.82) is 0 Å². The molecule has 1 aromatic heterocycles. The van der Waals surface area contributed by atoms with E-state index in [1.807, 2.05) is 30.3 Å². The van der Waals surface area contributed by atoms with E-state index in [2.05, 4.69) is 10.3 Å². The second-order valence-electron chi connectivity index (χ2n) is 5.20. The molecule has 19 heavy (non-hydrogen) atoms. The molecule has 3 heteroatoms. The largest absolute Gasteiger partial charge is 0.307 e. The van der Waals surface area contributed by atoms with Gasteiger partial charge in [-0.3, -0.25) is 9.78 Å². The predicted octanol–water partition coefficient (Wildman–Crippen LogP) is 2.95. The minimum Gasteiger partial charge on any atom is -0.307 e. The molecule has 3 rings (SSSR count). The molecule has 1 fully saturated rings. The Kier molecular flexibility index (Phi) is 3.56. The Labute approximate surface area is 113 Å². The topological polar surface area (TPSA) is 42.0 Å². The Morgan fingerprint density at radius 1 is 1.26 bits per heavy atom. The van der Waals surface area contributed by atoms with Gasteiger partial charge in [0.15, 0.2) is 5.78 Å². The monoisotopic (exact) mass is 254 g/mol. The van der Waals surface area contributed by atoms with Crippen LogP contribution >= 0.6 is 0 Å². The lowest BCUT2D eigenvalue weighted by molar-refractivity contribution is 0.0987. The van der Waals surface area contributed by atoms with Crippen LogP contribution in [0.1, 0.15) is 36.0 Å². The highest BCUT2D eigenvalue weighted by molar-refractivity contribution is 6.00. The van der Waals surface area contributed by atoms with Crippen LogP contribution in [-0.2, 0) is 0 Å². The van der Waals surface area contributed by atoms with Crippen LogP contribution in [0.25, 0.3) is 10.9 Å². The molecule has 3 nitrogen and oxygen atoms in total. The van der Waals surface area contributed by atoms with E-state index in [1.165, 1.54) is 25.7 Å². The first-order valence-electron chi connectivity index (χ1n) is 6.94. The average molecular weight is 254 g/mol. The summed E-state index contributed by atoms with van der Waals surface area (Å²) < 4.78 is 0. The predicted molar refractivity (Wildman–Crippen MR) is 76.3 cm³/mol. The molecule has 0 unspecified atom stereocenters. The molecule has 0 bridgehead atoms. The second-order valence-corrected chi connectivity index (χ2v) is 5.20. The number of Topliss-reactive ketones (excluding diaryl/α,β-unsaturated/α-hetero) is 1. The van der Waals surface area contributed by atoms with Gasteiger partial charge in [0, 0.05) is 23.2 Å². The van der Waals surface area contributed by atoms with Gasteiger partial charge in [-0.1, -0.05) is 31.0 Å². The number of pyridine rings is 1. The van der Waals surface area contributed by atoms with Crippen LogP contribution in [0.15, 0.2) is 36.5 Å². The van der Waals surface area contributed by atoms with Gasteiger partial charge in [-0.05, 0) is 25.0 Å². The molecule has 1 aliphatic rings. The van der Waals surface area contributed by atoms with Gasteiger partial charge < -0.3 is 5.32 Å². The summed E-state index contributed by atoms with van der Waals surface area (Å²) in [6, 6.07) is 10.3. The third-order valence-electron chi connectivity index (χ3n) is 3.82. The number of ketones is 1. The number of rotatable bonds is 4. The first kappa shape index (κ1) is 12.3. The first-order valence-corrected chi connectivity index (χ1v) is 6.94. The van der Waals surface area contributed by atoms with Crippen molar-refractivity contribution >= 4 is 16.7 Å². The smallest absolute Gasteiger partial charge is 0.178 e. The lowest BCUT2D eigenvalue weighted by atomic mass is 10.1. The number of aromatic nitrogens is 1. The molecule has 1 N–H and O–H groups in total. The van der Waals surface area contributed by atoms with E-state index in [-0.39, 0.29) is 5.78 Å². The number of hydrogen-bond acceptors (Lipinski definition) is 3. The summed E-state index contributed by atoms with van der Waals surface area (Å²) in [4.78, 5) is 16.5. The van der Waals surface area contributed by atoms with Crippen molar-refractivity contribution in [3.63, 3.8) is 0 Å². The van der Waals surface area contributed by atoms with Crippen molar-refractivity contribution in [3.05, 3.63) is 42.1 Å². The zero-order valence-electron chi connectivity index (χ0n) is 10.9. The van der Waals surface area contributed by atoms with E-state index < -0.39 is 0 Å². The summed E-state index contributed by atoms with van der Waals surface area (Å²) in [5.74, 6) is 0.130. The molecule has 1 aliphatic carbocycles. The van der Waals surface area contributed by atoms with Crippen LogP contribution in [0.5, 0.6) is 0 Å². The quantitative estimate of drug-likeness (QED) is 0.853. The van der Waals surface area contributed by atoms with E-state index in [9.17, 15) is 4.79 Å². The third kappa shape index (κ3) is 2.82. The summed E-state index contributed by atoms with van der Waals surface area (Å²) in [6.07, 6.45) is 6.64. The van der Waals surface area contributed by atoms with Crippen molar-refractivity contribution in [3.8, 4) is 0 Å². The zero-order valence-corrected chi connectivity index (χ0v) is 10.9.